The van der Waals surface area contributed by atoms with Gasteiger partial charge in [-0.25, -0.2) is 13.2 Å². The molecule has 0 heterocycles. The maximum atomic E-state index is 13.8. The molecule has 2 nitrogen and oxygen atoms in total. The number of hydrogen-bond acceptors (Lipinski definition) is 2. The summed E-state index contributed by atoms with van der Waals surface area (Å²) in [5.41, 5.74) is -0.290. The van der Waals surface area contributed by atoms with E-state index in [1.807, 2.05) is 0 Å². The van der Waals surface area contributed by atoms with Gasteiger partial charge in [-0.1, -0.05) is 28.1 Å². The van der Waals surface area contributed by atoms with Gasteiger partial charge in [0.15, 0.2) is 0 Å². The average Bonchev–Trinajstić information content (AvgIpc) is 2.39. The van der Waals surface area contributed by atoms with E-state index >= 15 is 0 Å². The van der Waals surface area contributed by atoms with Crippen molar-refractivity contribution in [1.29, 1.82) is 5.26 Å². The van der Waals surface area contributed by atoms with E-state index < -0.39 is 17.5 Å². The lowest BCUT2D eigenvalue weighted by molar-refractivity contribution is 0.583. The molecule has 0 saturated heterocycles. The molecule has 0 aliphatic rings. The molecule has 0 spiro atoms. The van der Waals surface area contributed by atoms with Gasteiger partial charge in [0.25, 0.3) is 0 Å². The number of nitriles is 1. The largest absolute Gasteiger partial charge is 0.376 e. The first-order valence-corrected chi connectivity index (χ1v) is 6.38. The van der Waals surface area contributed by atoms with Gasteiger partial charge in [0.05, 0.1) is 5.56 Å². The molecule has 102 valence electrons. The second-order valence-electron chi connectivity index (χ2n) is 3.99. The number of hydrogen-bond donors (Lipinski definition) is 1. The van der Waals surface area contributed by atoms with E-state index in [9.17, 15) is 13.2 Å². The Labute approximate surface area is 122 Å². The van der Waals surface area contributed by atoms with Crippen molar-refractivity contribution in [3.8, 4) is 6.07 Å². The van der Waals surface area contributed by atoms with Gasteiger partial charge in [0.2, 0.25) is 0 Å². The predicted octanol–water partition coefficient (Wildman–Crippen LogP) is 4.35. The molecular formula is C14H8BrF3N2. The van der Waals surface area contributed by atoms with E-state index in [0.29, 0.717) is 0 Å². The van der Waals surface area contributed by atoms with Crippen molar-refractivity contribution in [2.75, 3.05) is 5.32 Å². The zero-order chi connectivity index (χ0) is 14.7. The van der Waals surface area contributed by atoms with E-state index in [1.165, 1.54) is 18.2 Å². The number of halogens is 4. The molecule has 0 radical (unpaired) electrons. The van der Waals surface area contributed by atoms with Crippen LogP contribution in [0.2, 0.25) is 0 Å². The Kier molecular flexibility index (Phi) is 4.30. The molecule has 0 saturated carbocycles. The minimum Gasteiger partial charge on any atom is -0.376 e. The minimum atomic E-state index is -0.784. The highest BCUT2D eigenvalue weighted by Gasteiger charge is 2.12. The summed E-state index contributed by atoms with van der Waals surface area (Å²) < 4.78 is 41.2. The van der Waals surface area contributed by atoms with Crippen LogP contribution in [-0.2, 0) is 6.54 Å². The number of rotatable bonds is 3. The molecule has 0 bridgehead atoms. The SMILES string of the molecule is N#Cc1cccc(CNc2c(F)cc(Br)cc2F)c1F. The average molecular weight is 341 g/mol. The molecule has 0 unspecified atom stereocenters. The van der Waals surface area contributed by atoms with Crippen molar-refractivity contribution in [3.63, 3.8) is 0 Å². The molecule has 0 aromatic heterocycles. The fourth-order valence-corrected chi connectivity index (χ4v) is 2.10. The topological polar surface area (TPSA) is 35.8 Å². The minimum absolute atomic E-state index is 0.110. The van der Waals surface area contributed by atoms with Gasteiger partial charge in [0.1, 0.15) is 29.2 Å². The molecule has 0 fully saturated rings. The summed E-state index contributed by atoms with van der Waals surface area (Å²) in [6.07, 6.45) is 0. The highest BCUT2D eigenvalue weighted by molar-refractivity contribution is 9.10. The molecule has 2 rings (SSSR count). The first-order chi connectivity index (χ1) is 9.52. The molecule has 1 N–H and O–H groups in total. The third-order valence-electron chi connectivity index (χ3n) is 2.66. The van der Waals surface area contributed by atoms with Crippen LogP contribution < -0.4 is 5.32 Å². The summed E-state index contributed by atoms with van der Waals surface area (Å²) in [6, 6.07) is 8.20. The first-order valence-electron chi connectivity index (χ1n) is 5.59. The number of benzene rings is 2. The smallest absolute Gasteiger partial charge is 0.150 e. The van der Waals surface area contributed by atoms with E-state index in [0.717, 1.165) is 12.1 Å². The van der Waals surface area contributed by atoms with Gasteiger partial charge in [-0.3, -0.25) is 0 Å². The number of nitrogens with one attached hydrogen (secondary N) is 1. The van der Waals surface area contributed by atoms with Crippen LogP contribution in [0.25, 0.3) is 0 Å². The van der Waals surface area contributed by atoms with E-state index in [4.69, 9.17) is 5.26 Å². The van der Waals surface area contributed by atoms with E-state index in [2.05, 4.69) is 21.2 Å². The molecule has 0 atom stereocenters. The quantitative estimate of drug-likeness (QED) is 0.901. The van der Waals surface area contributed by atoms with Crippen LogP contribution >= 0.6 is 15.9 Å². The monoisotopic (exact) mass is 340 g/mol. The Morgan fingerprint density at radius 1 is 1.15 bits per heavy atom. The van der Waals surface area contributed by atoms with Crippen molar-refractivity contribution in [2.45, 2.75) is 6.54 Å². The molecule has 0 aliphatic carbocycles. The van der Waals surface area contributed by atoms with Gasteiger partial charge in [-0.15, -0.1) is 0 Å². The summed E-state index contributed by atoms with van der Waals surface area (Å²) in [4.78, 5) is 0. The summed E-state index contributed by atoms with van der Waals surface area (Å²) in [5, 5.41) is 11.2. The highest BCUT2D eigenvalue weighted by atomic mass is 79.9. The van der Waals surface area contributed by atoms with Crippen molar-refractivity contribution in [3.05, 3.63) is 63.4 Å². The Morgan fingerprint density at radius 3 is 2.40 bits per heavy atom. The Morgan fingerprint density at radius 2 is 1.80 bits per heavy atom. The molecule has 2 aromatic carbocycles. The van der Waals surface area contributed by atoms with E-state index in [-0.39, 0.29) is 27.8 Å². The number of anilines is 1. The van der Waals surface area contributed by atoms with Gasteiger partial charge in [-0.2, -0.15) is 5.26 Å². The molecule has 6 heteroatoms. The van der Waals surface area contributed by atoms with Crippen LogP contribution in [-0.4, -0.2) is 0 Å². The van der Waals surface area contributed by atoms with Crippen LogP contribution in [0.5, 0.6) is 0 Å². The second-order valence-corrected chi connectivity index (χ2v) is 4.90. The van der Waals surface area contributed by atoms with Crippen LogP contribution in [0, 0.1) is 28.8 Å². The predicted molar refractivity (Wildman–Crippen MR) is 72.5 cm³/mol. The van der Waals surface area contributed by atoms with Gasteiger partial charge < -0.3 is 5.32 Å². The lowest BCUT2D eigenvalue weighted by atomic mass is 10.1. The Bertz CT molecular complexity index is 672. The van der Waals surface area contributed by atoms with Gasteiger partial charge in [0, 0.05) is 16.6 Å². The lowest BCUT2D eigenvalue weighted by Crippen LogP contribution is -2.06. The molecule has 2 aromatic rings. The fraction of sp³-hybridized carbons (Fsp3) is 0.0714. The number of nitrogens with zero attached hydrogens (tertiary/aromatic N) is 1. The van der Waals surface area contributed by atoms with Gasteiger partial charge in [-0.05, 0) is 18.2 Å². The summed E-state index contributed by atoms with van der Waals surface area (Å²) in [6.45, 7) is -0.128. The van der Waals surface area contributed by atoms with Crippen LogP contribution in [0.4, 0.5) is 18.9 Å². The highest BCUT2D eigenvalue weighted by Crippen LogP contribution is 2.24. The van der Waals surface area contributed by atoms with Crippen LogP contribution in [0.1, 0.15) is 11.1 Å². The third-order valence-corrected chi connectivity index (χ3v) is 3.12. The van der Waals surface area contributed by atoms with Crippen molar-refractivity contribution < 1.29 is 13.2 Å². The van der Waals surface area contributed by atoms with Crippen molar-refractivity contribution in [1.82, 2.24) is 0 Å². The first kappa shape index (κ1) is 14.4. The summed E-state index contributed by atoms with van der Waals surface area (Å²) in [7, 11) is 0. The second kappa shape index (κ2) is 5.97. The normalized spacial score (nSPS) is 10.2. The van der Waals surface area contributed by atoms with Crippen molar-refractivity contribution in [2.24, 2.45) is 0 Å². The molecule has 20 heavy (non-hydrogen) atoms. The van der Waals surface area contributed by atoms with Crippen LogP contribution in [0.3, 0.4) is 0 Å². The summed E-state index contributed by atoms with van der Waals surface area (Å²) >= 11 is 2.97. The van der Waals surface area contributed by atoms with Gasteiger partial charge >= 0.3 is 0 Å². The van der Waals surface area contributed by atoms with E-state index in [1.54, 1.807) is 6.07 Å². The Hall–Kier alpha value is -2.00. The fourth-order valence-electron chi connectivity index (χ4n) is 1.70. The molecule has 0 amide bonds. The maximum absolute atomic E-state index is 13.8. The lowest BCUT2D eigenvalue weighted by Gasteiger charge is -2.10. The zero-order valence-electron chi connectivity index (χ0n) is 10.1. The third kappa shape index (κ3) is 2.94. The zero-order valence-corrected chi connectivity index (χ0v) is 11.6. The maximum Gasteiger partial charge on any atom is 0.150 e. The summed E-state index contributed by atoms with van der Waals surface area (Å²) in [5.74, 6) is -2.26. The molecule has 0 aliphatic heterocycles. The Balaban J connectivity index is 2.24. The van der Waals surface area contributed by atoms with Crippen molar-refractivity contribution >= 4 is 21.6 Å². The standard InChI is InChI=1S/C14H8BrF3N2/c15-10-4-11(16)14(12(17)5-10)20-7-9-3-1-2-8(6-19)13(9)18/h1-5,20H,7H2. The van der Waals surface area contributed by atoms with Crippen LogP contribution in [0.15, 0.2) is 34.8 Å². The molecular weight excluding hydrogens is 333 g/mol.